The highest BCUT2D eigenvalue weighted by Crippen LogP contribution is 2.51. The number of unbranched alkanes of at least 4 members (excludes halogenated alkanes) is 34. The fourth-order valence-electron chi connectivity index (χ4n) is 20.1. The number of hydrogen-bond acceptors (Lipinski definition) is 21. The minimum atomic E-state index is -0.546. The van der Waals surface area contributed by atoms with Gasteiger partial charge in [0, 0.05) is 27.8 Å². The first-order chi connectivity index (χ1) is 71.7. The summed E-state index contributed by atoms with van der Waals surface area (Å²) in [4.78, 5) is 22.4. The molecule has 0 radical (unpaired) electrons. The Bertz CT molecular complexity index is 5710. The molecule has 0 bridgehead atoms. The highest BCUT2D eigenvalue weighted by atomic mass is 16.5. The van der Waals surface area contributed by atoms with Gasteiger partial charge in [-0.25, -0.2) is 0 Å². The van der Waals surface area contributed by atoms with Crippen molar-refractivity contribution in [2.45, 2.75) is 441 Å². The molecule has 0 saturated heterocycles. The molecule has 5 saturated carbocycles. The smallest absolute Gasteiger partial charge is 0.240 e. The molecular weight excluding hydrogens is 1830 g/mol. The van der Waals surface area contributed by atoms with Gasteiger partial charge in [-0.2, -0.15) is 24.9 Å². The Kier molecular flexibility index (Phi) is 47.1. The molecule has 147 heavy (non-hydrogen) atoms. The summed E-state index contributed by atoms with van der Waals surface area (Å²) < 4.78 is 26.8. The molecule has 26 nitrogen and oxygen atoms in total. The van der Waals surface area contributed by atoms with Crippen LogP contribution in [0.1, 0.15) is 436 Å². The Labute approximate surface area is 875 Å². The Morgan fingerprint density at radius 3 is 0.898 bits per heavy atom. The van der Waals surface area contributed by atoms with Crippen LogP contribution in [-0.4, -0.2) is 85.0 Å². The number of hydrogen-bond donors (Lipinski definition) is 11. The van der Waals surface area contributed by atoms with Crippen LogP contribution < -0.4 is 28.7 Å². The summed E-state index contributed by atoms with van der Waals surface area (Å²) in [5.41, 5.74) is 41.1. The van der Waals surface area contributed by atoms with Crippen molar-refractivity contribution in [2.24, 2.45) is 34.6 Å². The molecule has 6 aromatic carbocycles. The Hall–Kier alpha value is -11.7. The maximum atomic E-state index is 9.72. The zero-order valence-corrected chi connectivity index (χ0v) is 89.3. The van der Waals surface area contributed by atoms with Crippen molar-refractivity contribution in [3.63, 3.8) is 0 Å². The lowest BCUT2D eigenvalue weighted by Crippen LogP contribution is -2.27. The van der Waals surface area contributed by atoms with Gasteiger partial charge in [-0.1, -0.05) is 431 Å². The molecule has 794 valence electrons. The van der Waals surface area contributed by atoms with E-state index in [1.54, 1.807) is 0 Å². The summed E-state index contributed by atoms with van der Waals surface area (Å²) in [6.07, 6.45) is 73.9. The topological polar surface area (TPSA) is 464 Å². The third-order valence-corrected chi connectivity index (χ3v) is 30.7. The Balaban J connectivity index is 0.000000164. The maximum absolute atomic E-state index is 9.72. The van der Waals surface area contributed by atoms with Crippen molar-refractivity contribution in [2.75, 3.05) is 0 Å². The molecule has 0 aliphatic heterocycles. The SMILES string of the molecule is CCCCCCCCCCCCc1ccc(-c2noc(C3(C(=N)N)CC3)n2)cc1.CCCCCCCCCCCCc1ccc(-c2noc(CC(=N)N)n2)cc1.CCCCCCCCCCCc1cc(-c2noc(C3(C(=N)N)CC3)n2)ccc1CO.CCCCCCCCCCCc1ccc(-c2noc(C3(C(=N)N)CC3)n2)cc1.N=C(N)C1(c2nc(-c3cccc(CCc4cccc(CCC5CCCCC5)c4)c3)no2)CC1. The lowest BCUT2D eigenvalue weighted by molar-refractivity contribution is 0.280. The van der Waals surface area contributed by atoms with E-state index in [2.05, 4.69) is 188 Å². The quantitative estimate of drug-likeness (QED) is 0.00958. The molecule has 0 amide bonds. The summed E-state index contributed by atoms with van der Waals surface area (Å²) in [5.74, 6) is 6.49. The Morgan fingerprint density at radius 1 is 0.286 bits per heavy atom. The van der Waals surface area contributed by atoms with E-state index in [4.69, 9.17) is 78.3 Å². The van der Waals surface area contributed by atoms with Crippen LogP contribution in [0.25, 0.3) is 56.9 Å². The van der Waals surface area contributed by atoms with E-state index >= 15 is 0 Å². The van der Waals surface area contributed by atoms with Gasteiger partial charge >= 0.3 is 0 Å². The molecule has 5 aromatic heterocycles. The largest absolute Gasteiger partial charge is 0.392 e. The lowest BCUT2D eigenvalue weighted by atomic mass is 9.85. The zero-order valence-electron chi connectivity index (χ0n) is 89.3. The fraction of sp³-hybridized carbons (Fsp3) is 0.579. The van der Waals surface area contributed by atoms with Gasteiger partial charge in [0.2, 0.25) is 58.6 Å². The minimum Gasteiger partial charge on any atom is -0.392 e. The van der Waals surface area contributed by atoms with E-state index in [9.17, 15) is 5.11 Å². The summed E-state index contributed by atoms with van der Waals surface area (Å²) in [6.45, 7) is 9.10. The van der Waals surface area contributed by atoms with Gasteiger partial charge in [0.05, 0.1) is 13.0 Å². The average Bonchev–Trinajstić information content (AvgIpc) is 1.63. The third kappa shape index (κ3) is 36.4. The third-order valence-electron chi connectivity index (χ3n) is 30.7. The second-order valence-electron chi connectivity index (χ2n) is 42.7. The predicted molar refractivity (Wildman–Crippen MR) is 593 cm³/mol. The van der Waals surface area contributed by atoms with Gasteiger partial charge in [-0.3, -0.25) is 27.0 Å². The number of aliphatic hydroxyl groups is 1. The number of nitrogens with one attached hydrogen (secondary N) is 5. The first kappa shape index (κ1) is 114. The molecule has 0 spiro atoms. The van der Waals surface area contributed by atoms with E-state index in [0.717, 1.165) is 141 Å². The van der Waals surface area contributed by atoms with Crippen molar-refractivity contribution in [3.8, 4) is 56.9 Å². The van der Waals surface area contributed by atoms with Gasteiger partial charge in [-0.05, 0) is 191 Å². The molecule has 0 unspecified atom stereocenters. The van der Waals surface area contributed by atoms with Crippen molar-refractivity contribution in [3.05, 3.63) is 213 Å². The molecule has 5 heterocycles. The van der Waals surface area contributed by atoms with E-state index in [0.29, 0.717) is 58.6 Å². The standard InChI is InChI=1S/C28H34N4O.C24H36N4O2.C24H36N4O.C23H34N4O.C22H34N4O/c29-26(30)28(16-17-28)27-31-25(32-33-27)24-11-5-10-23(19-24)15-14-22-9-4-8-21(18-22)13-12-20-6-2-1-3-7-20;1-2-3-4-5-6-7-8-9-10-11-18-16-19(12-13-20(18)17-29)21-27-23(30-28-21)24(14-15-24)22(25)26;1-2-3-4-5-6-7-8-9-10-11-12-19-13-15-20(16-14-19)21-27-23(29-28-21)24(17-18-24)22(25)26;1-2-3-4-5-6-7-8-9-10-11-18-12-14-19(15-13-18)20-26-22(28-27-20)23(16-17-23)21(24)25;1-2-3-4-5-6-7-8-9-10-11-12-18-13-15-19(16-14-18)22-25-21(27-26-22)17-20(23)24/h4-5,8-11,18-20H,1-3,6-7,12-17H2,(H3,29,30);12-13,16,29H,2-11,14-15,17H2,1H3,(H3,25,26);13-16H,2-12,17-18H2,1H3,(H3,25,26);12-15H,2-11,16-17H2,1H3,(H3,24,25);13-16H,2-12,17H2,1H3,(H3,23,24). The van der Waals surface area contributed by atoms with Crippen LogP contribution in [0.4, 0.5) is 0 Å². The first-order valence-corrected chi connectivity index (χ1v) is 56.8. The van der Waals surface area contributed by atoms with E-state index in [-0.39, 0.29) is 42.2 Å². The van der Waals surface area contributed by atoms with Crippen molar-refractivity contribution < 1.29 is 27.7 Å². The van der Waals surface area contributed by atoms with Gasteiger partial charge in [0.1, 0.15) is 50.8 Å². The highest BCUT2D eigenvalue weighted by Gasteiger charge is 2.55. The number of rotatable bonds is 64. The Morgan fingerprint density at radius 2 is 0.571 bits per heavy atom. The maximum Gasteiger partial charge on any atom is 0.240 e. The van der Waals surface area contributed by atoms with Crippen LogP contribution in [0.2, 0.25) is 0 Å². The lowest BCUT2D eigenvalue weighted by Gasteiger charge is -2.21. The van der Waals surface area contributed by atoms with E-state index in [1.807, 2.05) is 30.3 Å². The number of aryl methyl sites for hydroxylation is 7. The van der Waals surface area contributed by atoms with Gasteiger partial charge in [0.15, 0.2) is 0 Å². The van der Waals surface area contributed by atoms with Crippen LogP contribution in [0.5, 0.6) is 0 Å². The summed E-state index contributed by atoms with van der Waals surface area (Å²) in [6, 6.07) is 48.7. The monoisotopic (exact) mass is 2000 g/mol. The van der Waals surface area contributed by atoms with Gasteiger partial charge in [0.25, 0.3) is 0 Å². The normalized spacial score (nSPS) is 14.8. The highest BCUT2D eigenvalue weighted by molar-refractivity contribution is 5.93. The molecule has 26 heteroatoms. The zero-order chi connectivity index (χ0) is 104. The van der Waals surface area contributed by atoms with Crippen LogP contribution in [0, 0.1) is 33.0 Å². The summed E-state index contributed by atoms with van der Waals surface area (Å²) >= 11 is 0. The molecule has 5 aliphatic rings. The molecule has 11 aromatic rings. The van der Waals surface area contributed by atoms with E-state index < -0.39 is 21.7 Å². The molecule has 5 aliphatic carbocycles. The molecular formula is C121H174N20O6. The number of nitrogens with zero attached hydrogens (tertiary/aromatic N) is 10. The number of nitrogens with two attached hydrogens (primary N) is 5. The first-order valence-electron chi connectivity index (χ1n) is 56.8. The number of aliphatic hydroxyl groups excluding tert-OH is 1. The van der Waals surface area contributed by atoms with E-state index in [1.165, 1.54) is 316 Å². The molecule has 5 fully saturated rings. The van der Waals surface area contributed by atoms with Crippen LogP contribution >= 0.6 is 0 Å². The van der Waals surface area contributed by atoms with Gasteiger partial charge < -0.3 is 56.4 Å². The molecule has 16 rings (SSSR count). The average molecular weight is 2000 g/mol. The van der Waals surface area contributed by atoms with Crippen molar-refractivity contribution >= 4 is 29.2 Å². The van der Waals surface area contributed by atoms with Gasteiger partial charge in [-0.15, -0.1) is 0 Å². The van der Waals surface area contributed by atoms with Crippen LogP contribution in [0.15, 0.2) is 162 Å². The minimum absolute atomic E-state index is 0.0250. The predicted octanol–water partition coefficient (Wildman–Crippen LogP) is 28.9. The number of benzene rings is 6. The van der Waals surface area contributed by atoms with Crippen molar-refractivity contribution in [1.29, 1.82) is 27.0 Å². The second kappa shape index (κ2) is 60.7. The summed E-state index contributed by atoms with van der Waals surface area (Å²) in [7, 11) is 0. The summed E-state index contributed by atoms with van der Waals surface area (Å²) in [5, 5.41) is 68.5. The van der Waals surface area contributed by atoms with Crippen molar-refractivity contribution in [1.82, 2.24) is 50.7 Å². The second-order valence-corrected chi connectivity index (χ2v) is 42.7. The number of amidine groups is 5. The van der Waals surface area contributed by atoms with Crippen LogP contribution in [0.3, 0.4) is 0 Å². The molecule has 0 atom stereocenters. The molecule has 16 N–H and O–H groups in total. The van der Waals surface area contributed by atoms with Crippen LogP contribution in [-0.2, 0) is 79.6 Å². The fourth-order valence-corrected chi connectivity index (χ4v) is 20.1. The number of aromatic nitrogens is 10.